The van der Waals surface area contributed by atoms with E-state index in [-0.39, 0.29) is 5.82 Å². The lowest BCUT2D eigenvalue weighted by Crippen LogP contribution is -1.60. The number of halogens is 3. The first kappa shape index (κ1) is 6.71. The van der Waals surface area contributed by atoms with Gasteiger partial charge in [-0.2, -0.15) is 0 Å². The zero-order chi connectivity index (χ0) is 6.15. The molecule has 0 aromatic carbocycles. The van der Waals surface area contributed by atoms with Crippen LogP contribution in [0.25, 0.3) is 0 Å². The van der Waals surface area contributed by atoms with E-state index in [1.165, 1.54) is 16.7 Å². The maximum atomic E-state index is 12.3. The van der Waals surface area contributed by atoms with Crippen LogP contribution in [0.4, 0.5) is 4.39 Å². The van der Waals surface area contributed by atoms with Gasteiger partial charge in [-0.25, -0.2) is 4.39 Å². The van der Waals surface area contributed by atoms with Crippen molar-refractivity contribution in [2.24, 2.45) is 0 Å². The topological polar surface area (TPSA) is 0 Å². The first-order valence-electron chi connectivity index (χ1n) is 1.80. The molecule has 0 aliphatic heterocycles. The second-order valence-corrected chi connectivity index (χ2v) is 4.16. The van der Waals surface area contributed by atoms with Gasteiger partial charge in [0, 0.05) is 5.38 Å². The second kappa shape index (κ2) is 2.45. The summed E-state index contributed by atoms with van der Waals surface area (Å²) >= 11 is 7.51. The maximum Gasteiger partial charge on any atom is 0.149 e. The van der Waals surface area contributed by atoms with Crippen molar-refractivity contribution in [2.45, 2.75) is 0 Å². The molecule has 0 nitrogen and oxygen atoms in total. The second-order valence-electron chi connectivity index (χ2n) is 1.17. The largest absolute Gasteiger partial charge is 0.205 e. The normalized spacial score (nSPS) is 9.88. The number of thiophene rings is 1. The maximum absolute atomic E-state index is 12.3. The smallest absolute Gasteiger partial charge is 0.149 e. The summed E-state index contributed by atoms with van der Waals surface area (Å²) in [6.07, 6.45) is 0. The summed E-state index contributed by atoms with van der Waals surface area (Å²) < 4.78 is 13.6. The van der Waals surface area contributed by atoms with Crippen LogP contribution in [0.3, 0.4) is 0 Å². The van der Waals surface area contributed by atoms with Gasteiger partial charge < -0.3 is 0 Å². The minimum absolute atomic E-state index is 0.207. The number of hydrogen-bond donors (Lipinski definition) is 0. The van der Waals surface area contributed by atoms with Crippen LogP contribution in [0.15, 0.2) is 13.6 Å². The molecule has 0 atom stereocenters. The summed E-state index contributed by atoms with van der Waals surface area (Å²) in [6.45, 7) is 0. The Labute approximate surface area is 67.0 Å². The molecule has 0 aliphatic carbocycles. The SMILES string of the molecule is Fc1csc(Br)c1Br. The summed E-state index contributed by atoms with van der Waals surface area (Å²) in [5, 5.41) is 1.44. The van der Waals surface area contributed by atoms with Gasteiger partial charge in [-0.15, -0.1) is 11.3 Å². The van der Waals surface area contributed by atoms with Crippen molar-refractivity contribution in [1.82, 2.24) is 0 Å². The molecule has 0 spiro atoms. The third kappa shape index (κ3) is 1.11. The molecule has 1 aromatic rings. The van der Waals surface area contributed by atoms with Gasteiger partial charge in [-0.3, -0.25) is 0 Å². The molecule has 0 amide bonds. The molecule has 0 unspecified atom stereocenters. The Hall–Kier alpha value is 0.590. The summed E-state index contributed by atoms with van der Waals surface area (Å²) in [7, 11) is 0. The number of rotatable bonds is 0. The minimum atomic E-state index is -0.207. The molecule has 1 heterocycles. The highest BCUT2D eigenvalue weighted by Crippen LogP contribution is 2.31. The van der Waals surface area contributed by atoms with Crippen LogP contribution in [0.1, 0.15) is 0 Å². The zero-order valence-corrected chi connectivity index (χ0v) is 7.61. The molecule has 0 N–H and O–H groups in total. The lowest BCUT2D eigenvalue weighted by molar-refractivity contribution is 0.626. The molecule has 8 heavy (non-hydrogen) atoms. The van der Waals surface area contributed by atoms with Crippen molar-refractivity contribution in [1.29, 1.82) is 0 Å². The van der Waals surface area contributed by atoms with Crippen LogP contribution in [0.5, 0.6) is 0 Å². The molecular formula is C4HBr2FS. The van der Waals surface area contributed by atoms with Crippen molar-refractivity contribution in [3.63, 3.8) is 0 Å². The first-order valence-corrected chi connectivity index (χ1v) is 4.26. The van der Waals surface area contributed by atoms with E-state index in [1.54, 1.807) is 0 Å². The average Bonchev–Trinajstić information content (AvgIpc) is 1.98. The Balaban J connectivity index is 3.19. The Morgan fingerprint density at radius 2 is 2.12 bits per heavy atom. The fraction of sp³-hybridized carbons (Fsp3) is 0. The molecule has 0 bridgehead atoms. The lowest BCUT2D eigenvalue weighted by Gasteiger charge is -1.78. The fourth-order valence-corrected chi connectivity index (χ4v) is 1.84. The molecule has 0 radical (unpaired) electrons. The summed E-state index contributed by atoms with van der Waals surface area (Å²) in [4.78, 5) is 0. The van der Waals surface area contributed by atoms with Gasteiger partial charge in [0.25, 0.3) is 0 Å². The highest BCUT2D eigenvalue weighted by atomic mass is 79.9. The lowest BCUT2D eigenvalue weighted by atomic mass is 10.6. The molecule has 0 saturated carbocycles. The van der Waals surface area contributed by atoms with Crippen LogP contribution in [0.2, 0.25) is 0 Å². The van der Waals surface area contributed by atoms with Crippen molar-refractivity contribution in [2.75, 3.05) is 0 Å². The van der Waals surface area contributed by atoms with Gasteiger partial charge in [-0.1, -0.05) is 0 Å². The van der Waals surface area contributed by atoms with Crippen molar-refractivity contribution < 1.29 is 4.39 Å². The van der Waals surface area contributed by atoms with E-state index in [0.717, 1.165) is 3.79 Å². The van der Waals surface area contributed by atoms with Gasteiger partial charge in [0.05, 0.1) is 8.26 Å². The van der Waals surface area contributed by atoms with Gasteiger partial charge in [-0.05, 0) is 31.9 Å². The Bertz CT molecular complexity index is 176. The van der Waals surface area contributed by atoms with Crippen molar-refractivity contribution in [3.05, 3.63) is 19.5 Å². The number of hydrogen-bond acceptors (Lipinski definition) is 1. The fourth-order valence-electron chi connectivity index (χ4n) is 0.301. The predicted molar refractivity (Wildman–Crippen MR) is 39.7 cm³/mol. The van der Waals surface area contributed by atoms with Gasteiger partial charge >= 0.3 is 0 Å². The molecule has 0 aliphatic rings. The Morgan fingerprint density at radius 3 is 2.25 bits per heavy atom. The van der Waals surface area contributed by atoms with Crippen LogP contribution in [0, 0.1) is 5.82 Å². The monoisotopic (exact) mass is 258 g/mol. The van der Waals surface area contributed by atoms with E-state index in [4.69, 9.17) is 0 Å². The zero-order valence-electron chi connectivity index (χ0n) is 3.62. The van der Waals surface area contributed by atoms with E-state index >= 15 is 0 Å². The predicted octanol–water partition coefficient (Wildman–Crippen LogP) is 3.41. The van der Waals surface area contributed by atoms with Gasteiger partial charge in [0.15, 0.2) is 0 Å². The van der Waals surface area contributed by atoms with Crippen LogP contribution in [-0.4, -0.2) is 0 Å². The van der Waals surface area contributed by atoms with Crippen LogP contribution >= 0.6 is 43.2 Å². The van der Waals surface area contributed by atoms with Gasteiger partial charge in [0.1, 0.15) is 5.82 Å². The van der Waals surface area contributed by atoms with E-state index < -0.39 is 0 Å². The quantitative estimate of drug-likeness (QED) is 0.670. The molecule has 1 aromatic heterocycles. The van der Waals surface area contributed by atoms with E-state index in [1.807, 2.05) is 0 Å². The standard InChI is InChI=1S/C4HBr2FS/c5-3-2(7)1-8-4(3)6/h1H. The average molecular weight is 260 g/mol. The molecule has 0 fully saturated rings. The van der Waals surface area contributed by atoms with E-state index in [9.17, 15) is 4.39 Å². The van der Waals surface area contributed by atoms with E-state index in [2.05, 4.69) is 31.9 Å². The first-order chi connectivity index (χ1) is 3.72. The molecule has 4 heteroatoms. The van der Waals surface area contributed by atoms with Crippen molar-refractivity contribution >= 4 is 43.2 Å². The summed E-state index contributed by atoms with van der Waals surface area (Å²) in [5.74, 6) is -0.207. The highest BCUT2D eigenvalue weighted by Gasteiger charge is 2.03. The highest BCUT2D eigenvalue weighted by molar-refractivity contribution is 9.13. The summed E-state index contributed by atoms with van der Waals surface area (Å²) in [5.41, 5.74) is 0. The van der Waals surface area contributed by atoms with Crippen LogP contribution in [-0.2, 0) is 0 Å². The van der Waals surface area contributed by atoms with Crippen molar-refractivity contribution in [3.8, 4) is 0 Å². The third-order valence-corrected chi connectivity index (χ3v) is 3.91. The van der Waals surface area contributed by atoms with Gasteiger partial charge in [0.2, 0.25) is 0 Å². The summed E-state index contributed by atoms with van der Waals surface area (Å²) in [6, 6.07) is 0. The third-order valence-electron chi connectivity index (χ3n) is 0.648. The van der Waals surface area contributed by atoms with E-state index in [0.29, 0.717) is 4.47 Å². The minimum Gasteiger partial charge on any atom is -0.205 e. The van der Waals surface area contributed by atoms with Crippen LogP contribution < -0.4 is 0 Å². The molecular weight excluding hydrogens is 259 g/mol. The Kier molecular flexibility index (Phi) is 2.06. The Morgan fingerprint density at radius 1 is 1.50 bits per heavy atom. The molecule has 44 valence electrons. The molecule has 0 saturated heterocycles. The molecule has 1 rings (SSSR count).